The molecule has 0 radical (unpaired) electrons. The van der Waals surface area contributed by atoms with Crippen LogP contribution in [0.3, 0.4) is 0 Å². The van der Waals surface area contributed by atoms with E-state index in [9.17, 15) is 13.2 Å². The summed E-state index contributed by atoms with van der Waals surface area (Å²) in [6.07, 6.45) is 1.80. The molecule has 0 saturated heterocycles. The third kappa shape index (κ3) is 5.28. The lowest BCUT2D eigenvalue weighted by molar-refractivity contribution is 0.0983. The van der Waals surface area contributed by atoms with E-state index in [-0.39, 0.29) is 16.8 Å². The molecule has 1 fully saturated rings. The number of rotatable bonds is 10. The molecule has 0 bridgehead atoms. The number of thiazole rings is 1. The Morgan fingerprint density at radius 2 is 1.63 bits per heavy atom. The number of fused-ring (bicyclic) bond motifs is 1. The molecule has 1 aliphatic rings. The number of likely N-dealkylation sites (N-methyl/N-ethyl adjacent to an activating group) is 1. The lowest BCUT2D eigenvalue weighted by Gasteiger charge is -2.25. The van der Waals surface area contributed by atoms with Gasteiger partial charge in [-0.2, -0.15) is 4.31 Å². The summed E-state index contributed by atoms with van der Waals surface area (Å²) in [4.78, 5) is 22.8. The fourth-order valence-corrected chi connectivity index (χ4v) is 6.71. The lowest BCUT2D eigenvalue weighted by atomic mass is 10.1. The Bertz CT molecular complexity index is 1270. The first-order valence-corrected chi connectivity index (χ1v) is 14.4. The van der Waals surface area contributed by atoms with Gasteiger partial charge >= 0.3 is 0 Å². The largest absolute Gasteiger partial charge is 0.302 e. The highest BCUT2D eigenvalue weighted by atomic mass is 32.2. The van der Waals surface area contributed by atoms with Crippen molar-refractivity contribution in [3.8, 4) is 0 Å². The summed E-state index contributed by atoms with van der Waals surface area (Å²) in [6, 6.07) is 10.5. The van der Waals surface area contributed by atoms with Crippen LogP contribution in [0.2, 0.25) is 0 Å². The number of aromatic nitrogens is 1. The number of hydrogen-bond acceptors (Lipinski definition) is 6. The van der Waals surface area contributed by atoms with Gasteiger partial charge < -0.3 is 4.90 Å². The number of nitrogens with zero attached hydrogens (tertiary/aromatic N) is 4. The van der Waals surface area contributed by atoms with Crippen molar-refractivity contribution in [2.24, 2.45) is 0 Å². The number of carbonyl (C=O) groups is 1. The highest BCUT2D eigenvalue weighted by molar-refractivity contribution is 7.89. The molecule has 1 amide bonds. The van der Waals surface area contributed by atoms with Gasteiger partial charge in [-0.3, -0.25) is 9.69 Å². The summed E-state index contributed by atoms with van der Waals surface area (Å²) in [5, 5.41) is 0.666. The van der Waals surface area contributed by atoms with Crippen molar-refractivity contribution in [1.82, 2.24) is 14.2 Å². The van der Waals surface area contributed by atoms with Crippen molar-refractivity contribution in [2.75, 3.05) is 38.1 Å². The molecular formula is C26H34N4O3S2. The average Bonchev–Trinajstić information content (AvgIpc) is 3.61. The molecule has 35 heavy (non-hydrogen) atoms. The second-order valence-electron chi connectivity index (χ2n) is 9.13. The standard InChI is InChI=1S/C26H34N4O3S2/c1-6-29(7-2)16-17-30(26-27-23-18(3)8-9-19(4)24(23)34-26)25(31)20-10-14-22(15-11-20)35(32,33)28(5)21-12-13-21/h8-11,14-15,21H,6-7,12-13,16-17H2,1-5H3. The molecule has 4 rings (SSSR count). The van der Waals surface area contributed by atoms with Crippen LogP contribution in [-0.4, -0.2) is 67.8 Å². The van der Waals surface area contributed by atoms with Crippen molar-refractivity contribution in [3.05, 3.63) is 53.1 Å². The zero-order chi connectivity index (χ0) is 25.3. The number of amides is 1. The average molecular weight is 515 g/mol. The van der Waals surface area contributed by atoms with E-state index in [1.165, 1.54) is 27.8 Å². The van der Waals surface area contributed by atoms with Gasteiger partial charge in [-0.15, -0.1) is 0 Å². The van der Waals surface area contributed by atoms with Crippen LogP contribution in [0, 0.1) is 13.8 Å². The fraction of sp³-hybridized carbons (Fsp3) is 0.462. The molecule has 1 saturated carbocycles. The van der Waals surface area contributed by atoms with Gasteiger partial charge in [0.15, 0.2) is 5.13 Å². The van der Waals surface area contributed by atoms with Gasteiger partial charge in [-0.05, 0) is 75.2 Å². The molecular weight excluding hydrogens is 480 g/mol. The zero-order valence-corrected chi connectivity index (χ0v) is 22.7. The highest BCUT2D eigenvalue weighted by Gasteiger charge is 2.35. The molecule has 0 atom stereocenters. The zero-order valence-electron chi connectivity index (χ0n) is 21.1. The van der Waals surface area contributed by atoms with E-state index in [1.807, 2.05) is 6.92 Å². The first kappa shape index (κ1) is 25.8. The van der Waals surface area contributed by atoms with E-state index < -0.39 is 10.0 Å². The van der Waals surface area contributed by atoms with Crippen LogP contribution < -0.4 is 4.90 Å². The van der Waals surface area contributed by atoms with Gasteiger partial charge in [0.2, 0.25) is 10.0 Å². The van der Waals surface area contributed by atoms with Gasteiger partial charge in [0.25, 0.3) is 5.91 Å². The van der Waals surface area contributed by atoms with E-state index in [2.05, 4.69) is 37.8 Å². The Morgan fingerprint density at radius 1 is 1.00 bits per heavy atom. The minimum Gasteiger partial charge on any atom is -0.302 e. The highest BCUT2D eigenvalue weighted by Crippen LogP contribution is 2.34. The van der Waals surface area contributed by atoms with E-state index in [4.69, 9.17) is 4.98 Å². The molecule has 3 aromatic rings. The second-order valence-corrected chi connectivity index (χ2v) is 12.1. The minimum atomic E-state index is -3.55. The predicted molar refractivity (Wildman–Crippen MR) is 143 cm³/mol. The van der Waals surface area contributed by atoms with Crippen LogP contribution in [0.25, 0.3) is 10.2 Å². The van der Waals surface area contributed by atoms with Crippen molar-refractivity contribution in [1.29, 1.82) is 0 Å². The van der Waals surface area contributed by atoms with Crippen LogP contribution in [0.4, 0.5) is 5.13 Å². The Balaban J connectivity index is 1.66. The van der Waals surface area contributed by atoms with E-state index in [1.54, 1.807) is 24.1 Å². The summed E-state index contributed by atoms with van der Waals surface area (Å²) in [5.41, 5.74) is 3.60. The van der Waals surface area contributed by atoms with Crippen molar-refractivity contribution in [2.45, 2.75) is 51.5 Å². The Hall–Kier alpha value is -2.33. The third-order valence-corrected chi connectivity index (χ3v) is 9.92. The monoisotopic (exact) mass is 514 g/mol. The third-order valence-electron chi connectivity index (χ3n) is 6.78. The SMILES string of the molecule is CCN(CC)CCN(C(=O)c1ccc(S(=O)(=O)N(C)C2CC2)cc1)c1nc2c(C)ccc(C)c2s1. The number of carbonyl (C=O) groups excluding carboxylic acids is 1. The van der Waals surface area contributed by atoms with Gasteiger partial charge in [-0.1, -0.05) is 37.3 Å². The lowest BCUT2D eigenvalue weighted by Crippen LogP contribution is -2.39. The maximum atomic E-state index is 13.7. The molecule has 188 valence electrons. The van der Waals surface area contributed by atoms with E-state index in [0.29, 0.717) is 17.2 Å². The van der Waals surface area contributed by atoms with Gasteiger partial charge in [0.05, 0.1) is 15.1 Å². The Kier molecular flexibility index (Phi) is 7.61. The molecule has 7 nitrogen and oxygen atoms in total. The summed E-state index contributed by atoms with van der Waals surface area (Å²) in [6.45, 7) is 11.3. The normalized spacial score (nSPS) is 14.3. The Morgan fingerprint density at radius 3 is 2.20 bits per heavy atom. The first-order chi connectivity index (χ1) is 16.7. The van der Waals surface area contributed by atoms with Crippen LogP contribution in [0.1, 0.15) is 48.2 Å². The number of hydrogen-bond donors (Lipinski definition) is 0. The van der Waals surface area contributed by atoms with Crippen LogP contribution in [0.5, 0.6) is 0 Å². The molecule has 0 unspecified atom stereocenters. The molecule has 1 aromatic heterocycles. The summed E-state index contributed by atoms with van der Waals surface area (Å²) in [5.74, 6) is -0.175. The van der Waals surface area contributed by atoms with Crippen molar-refractivity contribution in [3.63, 3.8) is 0 Å². The summed E-state index contributed by atoms with van der Waals surface area (Å²) in [7, 11) is -1.93. The molecule has 1 aliphatic carbocycles. The number of aryl methyl sites for hydroxylation is 2. The minimum absolute atomic E-state index is 0.0859. The van der Waals surface area contributed by atoms with E-state index >= 15 is 0 Å². The fourth-order valence-electron chi connectivity index (χ4n) is 4.15. The number of benzene rings is 2. The number of sulfonamides is 1. The first-order valence-electron chi connectivity index (χ1n) is 12.2. The smallest absolute Gasteiger partial charge is 0.260 e. The van der Waals surface area contributed by atoms with Crippen molar-refractivity contribution < 1.29 is 13.2 Å². The molecule has 0 spiro atoms. The van der Waals surface area contributed by atoms with Crippen LogP contribution in [-0.2, 0) is 10.0 Å². The van der Waals surface area contributed by atoms with Gasteiger partial charge in [0, 0.05) is 31.7 Å². The topological polar surface area (TPSA) is 73.8 Å². The van der Waals surface area contributed by atoms with Gasteiger partial charge in [-0.25, -0.2) is 13.4 Å². The Labute approximate surface area is 212 Å². The second kappa shape index (κ2) is 10.3. The predicted octanol–water partition coefficient (Wildman–Crippen LogP) is 4.68. The molecule has 2 aromatic carbocycles. The maximum absolute atomic E-state index is 13.7. The molecule has 0 aliphatic heterocycles. The van der Waals surface area contributed by atoms with Crippen molar-refractivity contribution >= 4 is 42.6 Å². The van der Waals surface area contributed by atoms with Crippen LogP contribution >= 0.6 is 11.3 Å². The number of anilines is 1. The molecule has 0 N–H and O–H groups in total. The maximum Gasteiger partial charge on any atom is 0.260 e. The summed E-state index contributed by atoms with van der Waals surface area (Å²) < 4.78 is 28.3. The van der Waals surface area contributed by atoms with E-state index in [0.717, 1.165) is 53.8 Å². The molecule has 9 heteroatoms. The van der Waals surface area contributed by atoms with Gasteiger partial charge in [0.1, 0.15) is 0 Å². The van der Waals surface area contributed by atoms with Crippen LogP contribution in [0.15, 0.2) is 41.3 Å². The summed E-state index contributed by atoms with van der Waals surface area (Å²) >= 11 is 1.53. The quantitative estimate of drug-likeness (QED) is 0.393. The molecule has 1 heterocycles.